The van der Waals surface area contributed by atoms with Gasteiger partial charge in [0.15, 0.2) is 5.69 Å². The number of hydroxylamine groups is 1. The number of fused-ring (bicyclic) bond motifs is 2. The number of para-hydroxylation sites is 1. The average molecular weight is 406 g/mol. The molecule has 29 heavy (non-hydrogen) atoms. The molecular weight excluding hydrogens is 382 g/mol. The number of hydrogen-bond donors (Lipinski definition) is 0. The number of piperidine rings is 1. The molecule has 0 radical (unpaired) electrons. The maximum absolute atomic E-state index is 13.7. The van der Waals surface area contributed by atoms with Crippen molar-refractivity contribution in [3.63, 3.8) is 0 Å². The summed E-state index contributed by atoms with van der Waals surface area (Å²) in [6.07, 6.45) is 2.99. The van der Waals surface area contributed by atoms with Gasteiger partial charge in [-0.3, -0.25) is 4.90 Å². The summed E-state index contributed by atoms with van der Waals surface area (Å²) in [5.41, 5.74) is 2.64. The summed E-state index contributed by atoms with van der Waals surface area (Å²) < 4.78 is 15.8. The molecule has 2 heterocycles. The molecule has 6 heteroatoms. The summed E-state index contributed by atoms with van der Waals surface area (Å²) in [5.74, 6) is 0. The Kier molecular flexibility index (Phi) is 4.89. The first-order valence-corrected chi connectivity index (χ1v) is 11.1. The van der Waals surface area contributed by atoms with Crippen molar-refractivity contribution >= 4 is 34.2 Å². The molecule has 0 amide bonds. The minimum Gasteiger partial charge on any atom is -0.579 e. The highest BCUT2D eigenvalue weighted by Gasteiger charge is 2.48. The Morgan fingerprint density at radius 1 is 0.966 bits per heavy atom. The van der Waals surface area contributed by atoms with Crippen LogP contribution in [0.1, 0.15) is 24.0 Å². The predicted octanol–water partition coefficient (Wildman–Crippen LogP) is 4.32. The minimum absolute atomic E-state index is 0.234. The highest BCUT2D eigenvalue weighted by Crippen LogP contribution is 2.39. The molecule has 3 aromatic carbocycles. The summed E-state index contributed by atoms with van der Waals surface area (Å²) in [7, 11) is 0. The van der Waals surface area contributed by atoms with E-state index in [1.54, 1.807) is 12.3 Å². The van der Waals surface area contributed by atoms with Gasteiger partial charge in [-0.25, -0.2) is 0 Å². The molecule has 5 rings (SSSR count). The second kappa shape index (κ2) is 7.55. The third kappa shape index (κ3) is 3.37. The topological polar surface area (TPSA) is 61.7 Å². The second-order valence-electron chi connectivity index (χ2n) is 7.81. The van der Waals surface area contributed by atoms with Gasteiger partial charge in [-0.2, -0.15) is 0 Å². The molecule has 1 fully saturated rings. The Hall–Kier alpha value is -2.22. The monoisotopic (exact) mass is 405 g/mol. The van der Waals surface area contributed by atoms with Gasteiger partial charge < -0.3 is 9.76 Å². The Morgan fingerprint density at radius 2 is 1.69 bits per heavy atom. The van der Waals surface area contributed by atoms with E-state index in [-0.39, 0.29) is 6.04 Å². The van der Waals surface area contributed by atoms with Gasteiger partial charge in [-0.1, -0.05) is 48.5 Å². The normalized spacial score (nSPS) is 25.2. The van der Waals surface area contributed by atoms with Crippen LogP contribution in [0.5, 0.6) is 0 Å². The Bertz CT molecular complexity index is 1060. The van der Waals surface area contributed by atoms with Crippen LogP contribution in [0.15, 0.2) is 71.1 Å². The molecule has 0 bridgehead atoms. The van der Waals surface area contributed by atoms with Crippen LogP contribution in [0, 0.1) is 5.21 Å². The van der Waals surface area contributed by atoms with Gasteiger partial charge in [0.25, 0.3) is 0 Å². The third-order valence-electron chi connectivity index (χ3n) is 6.04. The highest BCUT2D eigenvalue weighted by atomic mass is 32.2. The van der Waals surface area contributed by atoms with Crippen LogP contribution >= 0.6 is 0 Å². The van der Waals surface area contributed by atoms with Crippen LogP contribution in [-0.2, 0) is 18.1 Å². The zero-order chi connectivity index (χ0) is 19.8. The molecule has 1 saturated heterocycles. The number of hydrogen-bond acceptors (Lipinski definition) is 4. The molecule has 2 aliphatic heterocycles. The van der Waals surface area contributed by atoms with Crippen LogP contribution in [0.25, 0.3) is 10.8 Å². The van der Waals surface area contributed by atoms with Gasteiger partial charge in [-0.05, 0) is 32.9 Å². The van der Waals surface area contributed by atoms with Gasteiger partial charge >= 0.3 is 11.5 Å². The second-order valence-corrected chi connectivity index (χ2v) is 9.02. The Balaban J connectivity index is 1.30. The van der Waals surface area contributed by atoms with E-state index in [4.69, 9.17) is 0 Å². The summed E-state index contributed by atoms with van der Waals surface area (Å²) in [5, 5.41) is 16.2. The molecule has 0 aromatic heterocycles. The van der Waals surface area contributed by atoms with E-state index >= 15 is 0 Å². The largest absolute Gasteiger partial charge is 0.579 e. The highest BCUT2D eigenvalue weighted by molar-refractivity contribution is 7.90. The molecular formula is C23H23N3O2S. The zero-order valence-corrected chi connectivity index (χ0v) is 16.9. The molecule has 5 nitrogen and oxygen atoms in total. The first-order chi connectivity index (χ1) is 14.1. The summed E-state index contributed by atoms with van der Waals surface area (Å²) in [4.78, 5) is 2.38. The number of benzene rings is 3. The lowest BCUT2D eigenvalue weighted by atomic mass is 10.0. The quantitative estimate of drug-likeness (QED) is 0.370. The lowest BCUT2D eigenvalue weighted by Gasteiger charge is -2.46. The van der Waals surface area contributed by atoms with E-state index in [2.05, 4.69) is 51.8 Å². The lowest BCUT2D eigenvalue weighted by molar-refractivity contribution is 0.171. The molecule has 2 aliphatic rings. The summed E-state index contributed by atoms with van der Waals surface area (Å²) >= 11 is -1.83. The SMILES string of the molecule is [O-][S+]1N=Cc2ccccc2[N+]1([O-])C1CCN(Cc2ccc3ccccc3c2)CC1. The van der Waals surface area contributed by atoms with E-state index < -0.39 is 15.6 Å². The summed E-state index contributed by atoms with van der Waals surface area (Å²) in [6, 6.07) is 22.1. The lowest BCUT2D eigenvalue weighted by Crippen LogP contribution is -2.59. The fraction of sp³-hybridized carbons (Fsp3) is 0.261. The van der Waals surface area contributed by atoms with Crippen LogP contribution < -0.4 is 4.05 Å². The number of quaternary nitrogens is 1. The third-order valence-corrected chi connectivity index (χ3v) is 7.29. The number of likely N-dealkylation sites (tertiary alicyclic amines) is 1. The predicted molar refractivity (Wildman–Crippen MR) is 120 cm³/mol. The summed E-state index contributed by atoms with van der Waals surface area (Å²) in [6.45, 7) is 2.51. The van der Waals surface area contributed by atoms with Crippen LogP contribution in [0.3, 0.4) is 0 Å². The van der Waals surface area contributed by atoms with Crippen LogP contribution in [-0.4, -0.2) is 34.8 Å². The molecule has 2 unspecified atom stereocenters. The van der Waals surface area contributed by atoms with E-state index in [9.17, 15) is 9.76 Å². The number of rotatable bonds is 3. The van der Waals surface area contributed by atoms with Gasteiger partial charge in [0.2, 0.25) is 0 Å². The van der Waals surface area contributed by atoms with Crippen molar-refractivity contribution in [1.29, 1.82) is 0 Å². The maximum atomic E-state index is 13.7. The van der Waals surface area contributed by atoms with Gasteiger partial charge in [0.05, 0.1) is 11.8 Å². The van der Waals surface area contributed by atoms with Crippen molar-refractivity contribution < 1.29 is 4.55 Å². The van der Waals surface area contributed by atoms with E-state index in [1.165, 1.54) is 16.3 Å². The zero-order valence-electron chi connectivity index (χ0n) is 16.1. The molecule has 2 atom stereocenters. The molecule has 148 valence electrons. The fourth-order valence-corrected chi connectivity index (χ4v) is 5.62. The van der Waals surface area contributed by atoms with Crippen molar-refractivity contribution in [1.82, 2.24) is 8.95 Å². The Morgan fingerprint density at radius 3 is 2.52 bits per heavy atom. The molecule has 0 saturated carbocycles. The van der Waals surface area contributed by atoms with E-state index in [0.717, 1.165) is 25.2 Å². The van der Waals surface area contributed by atoms with Crippen LogP contribution in [0.4, 0.5) is 5.69 Å². The van der Waals surface area contributed by atoms with Crippen molar-refractivity contribution in [3.05, 3.63) is 83.1 Å². The van der Waals surface area contributed by atoms with E-state index in [0.29, 0.717) is 18.5 Å². The Labute approximate surface area is 173 Å². The van der Waals surface area contributed by atoms with Crippen molar-refractivity contribution in [2.75, 3.05) is 13.1 Å². The van der Waals surface area contributed by atoms with E-state index in [1.807, 2.05) is 18.2 Å². The van der Waals surface area contributed by atoms with Gasteiger partial charge in [0, 0.05) is 38.5 Å². The van der Waals surface area contributed by atoms with Crippen molar-refractivity contribution in [2.45, 2.75) is 25.4 Å². The molecule has 0 spiro atoms. The number of nitrogens with zero attached hydrogens (tertiary/aromatic N) is 3. The van der Waals surface area contributed by atoms with Gasteiger partial charge in [0.1, 0.15) is 6.04 Å². The molecule has 0 N–H and O–H groups in total. The van der Waals surface area contributed by atoms with Crippen molar-refractivity contribution in [2.24, 2.45) is 4.40 Å². The first kappa shape index (κ1) is 18.8. The van der Waals surface area contributed by atoms with Crippen molar-refractivity contribution in [3.8, 4) is 0 Å². The molecule has 0 aliphatic carbocycles. The average Bonchev–Trinajstić information content (AvgIpc) is 2.77. The minimum atomic E-state index is -1.83. The van der Waals surface area contributed by atoms with Gasteiger partial charge in [-0.15, -0.1) is 4.05 Å². The smallest absolute Gasteiger partial charge is 0.310 e. The maximum Gasteiger partial charge on any atom is 0.310 e. The fourth-order valence-electron chi connectivity index (χ4n) is 4.47. The first-order valence-electron chi connectivity index (χ1n) is 10.0. The van der Waals surface area contributed by atoms with Crippen LogP contribution in [0.2, 0.25) is 0 Å². The molecule has 3 aromatic rings. The standard InChI is InChI=1S/C23H23N3O2S/c27-26(23-8-4-3-7-21(23)16-24-29(26)28)22-11-13-25(14-12-22)17-18-9-10-19-5-1-2-6-20(19)15-18/h1-10,15-16,22H,11-14,17H2.